The van der Waals surface area contributed by atoms with Gasteiger partial charge in [0.2, 0.25) is 0 Å². The number of Topliss-reactive ketones (excluding diaryl/α,β-unsaturated/α-hetero) is 1. The summed E-state index contributed by atoms with van der Waals surface area (Å²) >= 11 is 5.97. The lowest BCUT2D eigenvalue weighted by molar-refractivity contribution is 0.0975. The lowest BCUT2D eigenvalue weighted by Gasteiger charge is -2.10. The molecule has 0 bridgehead atoms. The van der Waals surface area contributed by atoms with Gasteiger partial charge in [-0.05, 0) is 23.8 Å². The molecule has 0 aromatic heterocycles. The molecule has 94 valence electrons. The van der Waals surface area contributed by atoms with E-state index in [0.717, 1.165) is 0 Å². The second kappa shape index (κ2) is 5.64. The second-order valence-electron chi connectivity index (χ2n) is 3.93. The molecule has 2 aromatic rings. The molecule has 0 saturated heterocycles. The van der Waals surface area contributed by atoms with Crippen LogP contribution >= 0.6 is 11.6 Å². The van der Waals surface area contributed by atoms with Crippen molar-refractivity contribution in [2.75, 3.05) is 0 Å². The Hall–Kier alpha value is -2.18. The molecule has 1 atom stereocenters. The van der Waals surface area contributed by atoms with E-state index in [0.29, 0.717) is 10.6 Å². The molecule has 0 amide bonds. The van der Waals surface area contributed by atoms with Crippen molar-refractivity contribution in [1.82, 2.24) is 0 Å². The van der Waals surface area contributed by atoms with E-state index in [1.165, 1.54) is 18.2 Å². The maximum absolute atomic E-state index is 13.6. The summed E-state index contributed by atoms with van der Waals surface area (Å²) in [4.78, 5) is 12.2. The van der Waals surface area contributed by atoms with E-state index in [4.69, 9.17) is 11.6 Å². The Morgan fingerprint density at radius 2 is 1.79 bits per heavy atom. The van der Waals surface area contributed by atoms with Crippen molar-refractivity contribution in [1.29, 1.82) is 5.26 Å². The first kappa shape index (κ1) is 13.3. The summed E-state index contributed by atoms with van der Waals surface area (Å²) in [5.41, 5.74) is 0.286. The fourth-order valence-electron chi connectivity index (χ4n) is 1.80. The lowest BCUT2D eigenvalue weighted by Crippen LogP contribution is -2.13. The lowest BCUT2D eigenvalue weighted by atomic mass is 9.91. The normalized spacial score (nSPS) is 11.6. The summed E-state index contributed by atoms with van der Waals surface area (Å²) in [5.74, 6) is -2.33. The van der Waals surface area contributed by atoms with Crippen LogP contribution in [0.1, 0.15) is 21.8 Å². The summed E-state index contributed by atoms with van der Waals surface area (Å²) in [7, 11) is 0. The van der Waals surface area contributed by atoms with Gasteiger partial charge < -0.3 is 0 Å². The van der Waals surface area contributed by atoms with Crippen LogP contribution < -0.4 is 0 Å². The van der Waals surface area contributed by atoms with Gasteiger partial charge in [0.15, 0.2) is 5.78 Å². The van der Waals surface area contributed by atoms with Crippen LogP contribution in [0.4, 0.5) is 4.39 Å². The number of benzene rings is 2. The maximum atomic E-state index is 13.6. The van der Waals surface area contributed by atoms with Crippen molar-refractivity contribution in [3.05, 3.63) is 70.5 Å². The van der Waals surface area contributed by atoms with Gasteiger partial charge in [-0.25, -0.2) is 4.39 Å². The second-order valence-corrected chi connectivity index (χ2v) is 4.33. The van der Waals surface area contributed by atoms with Gasteiger partial charge >= 0.3 is 0 Å². The molecule has 0 saturated carbocycles. The number of ketones is 1. The third kappa shape index (κ3) is 2.64. The molecular weight excluding hydrogens is 265 g/mol. The van der Waals surface area contributed by atoms with E-state index >= 15 is 0 Å². The van der Waals surface area contributed by atoms with Crippen LogP contribution in [0.3, 0.4) is 0 Å². The van der Waals surface area contributed by atoms with Crippen molar-refractivity contribution in [3.63, 3.8) is 0 Å². The SMILES string of the molecule is N#CC(C(=O)c1ccccc1F)c1ccccc1Cl. The number of rotatable bonds is 3. The number of nitrogens with zero attached hydrogens (tertiary/aromatic N) is 1. The van der Waals surface area contributed by atoms with Crippen molar-refractivity contribution in [2.24, 2.45) is 0 Å². The largest absolute Gasteiger partial charge is 0.292 e. The smallest absolute Gasteiger partial charge is 0.187 e. The Bertz CT molecular complexity index is 663. The first-order chi connectivity index (χ1) is 9.15. The highest BCUT2D eigenvalue weighted by Crippen LogP contribution is 2.27. The molecule has 2 rings (SSSR count). The first-order valence-corrected chi connectivity index (χ1v) is 5.95. The van der Waals surface area contributed by atoms with Crippen LogP contribution in [0.15, 0.2) is 48.5 Å². The first-order valence-electron chi connectivity index (χ1n) is 5.58. The maximum Gasteiger partial charge on any atom is 0.187 e. The zero-order valence-electron chi connectivity index (χ0n) is 9.81. The van der Waals surface area contributed by atoms with Crippen molar-refractivity contribution in [2.45, 2.75) is 5.92 Å². The Balaban J connectivity index is 2.45. The van der Waals surface area contributed by atoms with Gasteiger partial charge in [0.25, 0.3) is 0 Å². The van der Waals surface area contributed by atoms with E-state index in [1.54, 1.807) is 30.3 Å². The molecule has 0 N–H and O–H groups in total. The molecule has 0 radical (unpaired) electrons. The molecular formula is C15H9ClFNO. The third-order valence-electron chi connectivity index (χ3n) is 2.75. The third-order valence-corrected chi connectivity index (χ3v) is 3.09. The minimum atomic E-state index is -1.11. The summed E-state index contributed by atoms with van der Waals surface area (Å²) in [6.07, 6.45) is 0. The fourth-order valence-corrected chi connectivity index (χ4v) is 2.04. The van der Waals surface area contributed by atoms with Gasteiger partial charge in [0.1, 0.15) is 11.7 Å². The van der Waals surface area contributed by atoms with Crippen LogP contribution in [0.5, 0.6) is 0 Å². The Labute approximate surface area is 115 Å². The summed E-state index contributed by atoms with van der Waals surface area (Å²) in [6.45, 7) is 0. The Morgan fingerprint density at radius 1 is 1.16 bits per heavy atom. The molecule has 2 aromatic carbocycles. The number of halogens is 2. The van der Waals surface area contributed by atoms with Crippen molar-refractivity contribution in [3.8, 4) is 6.07 Å². The molecule has 0 heterocycles. The highest BCUT2D eigenvalue weighted by molar-refractivity contribution is 6.31. The zero-order valence-corrected chi connectivity index (χ0v) is 10.6. The van der Waals surface area contributed by atoms with Crippen LogP contribution in [-0.2, 0) is 0 Å². The summed E-state index contributed by atoms with van der Waals surface area (Å²) < 4.78 is 13.6. The quantitative estimate of drug-likeness (QED) is 0.794. The topological polar surface area (TPSA) is 40.9 Å². The van der Waals surface area contributed by atoms with E-state index in [1.807, 2.05) is 6.07 Å². The zero-order chi connectivity index (χ0) is 13.8. The predicted molar refractivity (Wildman–Crippen MR) is 70.5 cm³/mol. The molecule has 2 nitrogen and oxygen atoms in total. The average molecular weight is 274 g/mol. The number of nitriles is 1. The molecule has 1 unspecified atom stereocenters. The van der Waals surface area contributed by atoms with Crippen LogP contribution in [0, 0.1) is 17.1 Å². The number of hydrogen-bond acceptors (Lipinski definition) is 2. The van der Waals surface area contributed by atoms with E-state index in [-0.39, 0.29) is 5.56 Å². The van der Waals surface area contributed by atoms with Gasteiger partial charge in [-0.2, -0.15) is 5.26 Å². The molecule has 4 heteroatoms. The van der Waals surface area contributed by atoms with Crippen LogP contribution in [0.25, 0.3) is 0 Å². The molecule has 0 aliphatic rings. The molecule has 0 aliphatic carbocycles. The monoisotopic (exact) mass is 273 g/mol. The van der Waals surface area contributed by atoms with Gasteiger partial charge in [-0.1, -0.05) is 41.9 Å². The fraction of sp³-hybridized carbons (Fsp3) is 0.0667. The van der Waals surface area contributed by atoms with Crippen LogP contribution in [0.2, 0.25) is 5.02 Å². The van der Waals surface area contributed by atoms with E-state index < -0.39 is 17.5 Å². The van der Waals surface area contributed by atoms with E-state index in [9.17, 15) is 14.4 Å². The van der Waals surface area contributed by atoms with E-state index in [2.05, 4.69) is 0 Å². The number of carbonyl (C=O) groups excluding carboxylic acids is 1. The minimum absolute atomic E-state index is 0.103. The molecule has 0 aliphatic heterocycles. The summed E-state index contributed by atoms with van der Waals surface area (Å²) in [5, 5.41) is 9.49. The minimum Gasteiger partial charge on any atom is -0.292 e. The Kier molecular flexibility index (Phi) is 3.94. The highest BCUT2D eigenvalue weighted by atomic mass is 35.5. The van der Waals surface area contributed by atoms with Gasteiger partial charge in [-0.15, -0.1) is 0 Å². The van der Waals surface area contributed by atoms with Gasteiger partial charge in [-0.3, -0.25) is 4.79 Å². The standard InChI is InChI=1S/C15H9ClFNO/c16-13-7-3-1-5-10(13)12(9-18)15(19)11-6-2-4-8-14(11)17/h1-8,12H. The Morgan fingerprint density at radius 3 is 2.42 bits per heavy atom. The van der Waals surface area contributed by atoms with Crippen LogP contribution in [-0.4, -0.2) is 5.78 Å². The van der Waals surface area contributed by atoms with Crippen molar-refractivity contribution >= 4 is 17.4 Å². The molecule has 19 heavy (non-hydrogen) atoms. The highest BCUT2D eigenvalue weighted by Gasteiger charge is 2.25. The predicted octanol–water partition coefficient (Wildman–Crippen LogP) is 3.97. The summed E-state index contributed by atoms with van der Waals surface area (Å²) in [6, 6.07) is 14.0. The number of carbonyl (C=O) groups is 1. The average Bonchev–Trinajstić information content (AvgIpc) is 2.42. The number of hydrogen-bond donors (Lipinski definition) is 0. The van der Waals surface area contributed by atoms with Gasteiger partial charge in [0, 0.05) is 5.02 Å². The van der Waals surface area contributed by atoms with Gasteiger partial charge in [0.05, 0.1) is 11.6 Å². The van der Waals surface area contributed by atoms with Crippen molar-refractivity contribution < 1.29 is 9.18 Å². The molecule has 0 fully saturated rings. The molecule has 0 spiro atoms.